The van der Waals surface area contributed by atoms with Crippen LogP contribution in [0.25, 0.3) is 16.9 Å². The van der Waals surface area contributed by atoms with Crippen LogP contribution < -0.4 is 11.1 Å². The van der Waals surface area contributed by atoms with Gasteiger partial charge in [-0.15, -0.1) is 0 Å². The topological polar surface area (TPSA) is 108 Å². The van der Waals surface area contributed by atoms with Gasteiger partial charge in [-0.1, -0.05) is 24.3 Å². The van der Waals surface area contributed by atoms with E-state index >= 15 is 0 Å². The van der Waals surface area contributed by atoms with Gasteiger partial charge in [-0.25, -0.2) is 19.7 Å². The number of nitrogens with one attached hydrogen (secondary N) is 1. The fourth-order valence-electron chi connectivity index (χ4n) is 2.91. The number of hydrogen-bond donors (Lipinski definition) is 2. The van der Waals surface area contributed by atoms with Crippen LogP contribution in [0.3, 0.4) is 0 Å². The van der Waals surface area contributed by atoms with E-state index in [4.69, 9.17) is 10.5 Å². The third kappa shape index (κ3) is 3.11. The van der Waals surface area contributed by atoms with Crippen molar-refractivity contribution in [1.82, 2.24) is 19.5 Å². The molecule has 4 aromatic rings. The monoisotopic (exact) mass is 374 g/mol. The summed E-state index contributed by atoms with van der Waals surface area (Å²) in [6.07, 6.45) is 3.08. The SMILES string of the molecule is CCOC(=O)c1ccccc1Nc1ncnc(-n2cnc3ccccc32)c1N. The lowest BCUT2D eigenvalue weighted by Crippen LogP contribution is -2.10. The largest absolute Gasteiger partial charge is 0.462 e. The van der Waals surface area contributed by atoms with Gasteiger partial charge in [0, 0.05) is 0 Å². The molecule has 2 heterocycles. The van der Waals surface area contributed by atoms with Crippen molar-refractivity contribution in [3.63, 3.8) is 0 Å². The number of nitrogen functional groups attached to an aromatic ring is 1. The molecule has 8 nitrogen and oxygen atoms in total. The summed E-state index contributed by atoms with van der Waals surface area (Å²) >= 11 is 0. The number of hydrogen-bond acceptors (Lipinski definition) is 7. The molecule has 0 aliphatic carbocycles. The molecule has 8 heteroatoms. The number of esters is 1. The van der Waals surface area contributed by atoms with Crippen molar-refractivity contribution in [2.24, 2.45) is 0 Å². The Morgan fingerprint density at radius 1 is 1.11 bits per heavy atom. The number of rotatable bonds is 5. The Bertz CT molecular complexity index is 1150. The Morgan fingerprint density at radius 3 is 2.75 bits per heavy atom. The number of fused-ring (bicyclic) bond motifs is 1. The van der Waals surface area contributed by atoms with Crippen molar-refractivity contribution in [1.29, 1.82) is 0 Å². The fourth-order valence-corrected chi connectivity index (χ4v) is 2.91. The number of benzene rings is 2. The van der Waals surface area contributed by atoms with Gasteiger partial charge in [0.1, 0.15) is 18.3 Å². The van der Waals surface area contributed by atoms with Crippen LogP contribution in [0, 0.1) is 0 Å². The number of carbonyl (C=O) groups excluding carboxylic acids is 1. The number of aromatic nitrogens is 4. The number of para-hydroxylation sites is 3. The molecule has 3 N–H and O–H groups in total. The van der Waals surface area contributed by atoms with Crippen molar-refractivity contribution in [3.05, 3.63) is 66.7 Å². The van der Waals surface area contributed by atoms with E-state index in [9.17, 15) is 4.79 Å². The molecule has 0 aliphatic heterocycles. The molecular formula is C20H18N6O2. The van der Waals surface area contributed by atoms with E-state index in [1.807, 2.05) is 30.3 Å². The maximum absolute atomic E-state index is 12.2. The second-order valence-corrected chi connectivity index (χ2v) is 5.95. The Morgan fingerprint density at radius 2 is 1.89 bits per heavy atom. The molecule has 0 bridgehead atoms. The Labute approximate surface area is 161 Å². The highest BCUT2D eigenvalue weighted by atomic mass is 16.5. The van der Waals surface area contributed by atoms with E-state index in [0.717, 1.165) is 11.0 Å². The van der Waals surface area contributed by atoms with Crippen LogP contribution in [0.5, 0.6) is 0 Å². The Kier molecular flexibility index (Phi) is 4.59. The summed E-state index contributed by atoms with van der Waals surface area (Å²) in [5.41, 5.74) is 9.35. The Hall–Kier alpha value is -3.94. The van der Waals surface area contributed by atoms with E-state index in [1.54, 1.807) is 36.0 Å². The molecule has 140 valence electrons. The van der Waals surface area contributed by atoms with Crippen molar-refractivity contribution in [3.8, 4) is 5.82 Å². The molecule has 28 heavy (non-hydrogen) atoms. The molecule has 2 aromatic carbocycles. The van der Waals surface area contributed by atoms with Crippen LogP contribution in [-0.4, -0.2) is 32.1 Å². The van der Waals surface area contributed by atoms with Crippen molar-refractivity contribution < 1.29 is 9.53 Å². The standard InChI is InChI=1S/C20H18N6O2/c1-2-28-20(27)13-7-3-4-8-14(13)25-18-17(21)19(23-11-22-18)26-12-24-15-9-5-6-10-16(15)26/h3-12H,2,21H2,1H3,(H,22,23,25). The minimum Gasteiger partial charge on any atom is -0.462 e. The van der Waals surface area contributed by atoms with Crippen LogP contribution in [0.1, 0.15) is 17.3 Å². The van der Waals surface area contributed by atoms with Crippen LogP contribution in [0.15, 0.2) is 61.2 Å². The van der Waals surface area contributed by atoms with Crippen LogP contribution in [0.4, 0.5) is 17.2 Å². The zero-order valence-corrected chi connectivity index (χ0v) is 15.2. The molecule has 0 fully saturated rings. The molecule has 0 radical (unpaired) electrons. The smallest absolute Gasteiger partial charge is 0.340 e. The molecule has 0 spiro atoms. The second kappa shape index (κ2) is 7.36. The molecule has 0 unspecified atom stereocenters. The summed E-state index contributed by atoms with van der Waals surface area (Å²) < 4.78 is 6.91. The fraction of sp³-hybridized carbons (Fsp3) is 0.100. The zero-order valence-electron chi connectivity index (χ0n) is 15.2. The Balaban J connectivity index is 1.74. The van der Waals surface area contributed by atoms with E-state index in [-0.39, 0.29) is 0 Å². The first-order valence-corrected chi connectivity index (χ1v) is 8.75. The lowest BCUT2D eigenvalue weighted by Gasteiger charge is -2.14. The van der Waals surface area contributed by atoms with Gasteiger partial charge in [0.05, 0.1) is 28.9 Å². The maximum atomic E-state index is 12.2. The maximum Gasteiger partial charge on any atom is 0.340 e. The highest BCUT2D eigenvalue weighted by molar-refractivity contribution is 5.97. The average molecular weight is 374 g/mol. The van der Waals surface area contributed by atoms with Crippen LogP contribution in [0.2, 0.25) is 0 Å². The summed E-state index contributed by atoms with van der Waals surface area (Å²) in [4.78, 5) is 25.1. The number of carbonyl (C=O) groups is 1. The van der Waals surface area contributed by atoms with Crippen molar-refractivity contribution in [2.45, 2.75) is 6.92 Å². The van der Waals surface area contributed by atoms with E-state index in [2.05, 4.69) is 20.3 Å². The molecule has 4 rings (SSSR count). The van der Waals surface area contributed by atoms with Gasteiger partial charge in [-0.3, -0.25) is 4.57 Å². The van der Waals surface area contributed by atoms with Gasteiger partial charge in [0.25, 0.3) is 0 Å². The first-order chi connectivity index (χ1) is 13.7. The van der Waals surface area contributed by atoms with Gasteiger partial charge in [0.15, 0.2) is 11.6 Å². The zero-order chi connectivity index (χ0) is 19.5. The van der Waals surface area contributed by atoms with E-state index < -0.39 is 5.97 Å². The summed E-state index contributed by atoms with van der Waals surface area (Å²) in [7, 11) is 0. The number of anilines is 3. The molecule has 0 aliphatic rings. The van der Waals surface area contributed by atoms with E-state index in [1.165, 1.54) is 6.33 Å². The van der Waals surface area contributed by atoms with Gasteiger partial charge in [-0.2, -0.15) is 0 Å². The average Bonchev–Trinajstić information content (AvgIpc) is 3.14. The summed E-state index contributed by atoms with van der Waals surface area (Å²) in [6, 6.07) is 14.7. The third-order valence-corrected chi connectivity index (χ3v) is 4.22. The number of ether oxygens (including phenoxy) is 1. The molecule has 0 saturated heterocycles. The quantitative estimate of drug-likeness (QED) is 0.516. The van der Waals surface area contributed by atoms with Crippen molar-refractivity contribution >= 4 is 34.2 Å². The summed E-state index contributed by atoms with van der Waals surface area (Å²) in [5, 5.41) is 3.12. The molecule has 0 atom stereocenters. The number of imidazole rings is 1. The number of nitrogens with two attached hydrogens (primary N) is 1. The second-order valence-electron chi connectivity index (χ2n) is 5.95. The predicted octanol–water partition coefficient (Wildman–Crippen LogP) is 3.32. The van der Waals surface area contributed by atoms with Gasteiger partial charge >= 0.3 is 5.97 Å². The minimum absolute atomic E-state index is 0.292. The lowest BCUT2D eigenvalue weighted by atomic mass is 10.2. The third-order valence-electron chi connectivity index (χ3n) is 4.22. The predicted molar refractivity (Wildman–Crippen MR) is 107 cm³/mol. The molecular weight excluding hydrogens is 356 g/mol. The van der Waals surface area contributed by atoms with Crippen LogP contribution in [-0.2, 0) is 4.74 Å². The van der Waals surface area contributed by atoms with Gasteiger partial charge < -0.3 is 15.8 Å². The minimum atomic E-state index is -0.418. The first-order valence-electron chi connectivity index (χ1n) is 8.75. The summed E-state index contributed by atoms with van der Waals surface area (Å²) in [5.74, 6) is 0.471. The van der Waals surface area contributed by atoms with Gasteiger partial charge in [0.2, 0.25) is 0 Å². The lowest BCUT2D eigenvalue weighted by molar-refractivity contribution is 0.0527. The normalized spacial score (nSPS) is 10.8. The highest BCUT2D eigenvalue weighted by Crippen LogP contribution is 2.28. The molecule has 0 amide bonds. The first kappa shape index (κ1) is 17.5. The number of nitrogens with zero attached hydrogens (tertiary/aromatic N) is 4. The van der Waals surface area contributed by atoms with Gasteiger partial charge in [-0.05, 0) is 31.2 Å². The highest BCUT2D eigenvalue weighted by Gasteiger charge is 2.16. The van der Waals surface area contributed by atoms with E-state index in [0.29, 0.717) is 35.2 Å². The summed E-state index contributed by atoms with van der Waals surface area (Å²) in [6.45, 7) is 2.05. The van der Waals surface area contributed by atoms with Crippen LogP contribution >= 0.6 is 0 Å². The van der Waals surface area contributed by atoms with Crippen molar-refractivity contribution in [2.75, 3.05) is 17.7 Å². The molecule has 2 aromatic heterocycles. The molecule has 0 saturated carbocycles.